The van der Waals surface area contributed by atoms with Gasteiger partial charge < -0.3 is 25.6 Å². The number of imidazole rings is 1. The Hall–Kier alpha value is -3.03. The molecule has 1 amide bonds. The van der Waals surface area contributed by atoms with Crippen molar-refractivity contribution in [3.8, 4) is 5.75 Å². The molecule has 0 saturated heterocycles. The van der Waals surface area contributed by atoms with E-state index in [1.165, 1.54) is 13.4 Å². The molecule has 8 heteroatoms. The molecule has 1 heterocycles. The van der Waals surface area contributed by atoms with Gasteiger partial charge in [-0.05, 0) is 12.1 Å². The number of nitrogens with two attached hydrogens (primary N) is 1. The Morgan fingerprint density at radius 2 is 2.29 bits per heavy atom. The Bertz CT molecular complexity index is 693. The summed E-state index contributed by atoms with van der Waals surface area (Å²) in [6.45, 7) is 0. The van der Waals surface area contributed by atoms with Crippen molar-refractivity contribution in [3.63, 3.8) is 0 Å². The number of hydrogen-bond acceptors (Lipinski definition) is 5. The molecule has 0 fully saturated rings. The number of nitrogens with zero attached hydrogens (tertiary/aromatic N) is 3. The zero-order chi connectivity index (χ0) is 15.4. The van der Waals surface area contributed by atoms with Crippen molar-refractivity contribution < 1.29 is 14.7 Å². The Balaban J connectivity index is 2.40. The van der Waals surface area contributed by atoms with Crippen LogP contribution in [0.1, 0.15) is 16.1 Å². The van der Waals surface area contributed by atoms with Gasteiger partial charge in [-0.1, -0.05) is 11.2 Å². The second-order valence-corrected chi connectivity index (χ2v) is 4.25. The van der Waals surface area contributed by atoms with E-state index in [1.54, 1.807) is 36.0 Å². The number of benzene rings is 1. The summed E-state index contributed by atoms with van der Waals surface area (Å²) in [5.41, 5.74) is 6.51. The van der Waals surface area contributed by atoms with Gasteiger partial charge in [0.25, 0.3) is 5.91 Å². The fraction of sp³-hybridized carbons (Fsp3) is 0.154. The van der Waals surface area contributed by atoms with Crippen molar-refractivity contribution in [2.24, 2.45) is 17.9 Å². The predicted octanol–water partition coefficient (Wildman–Crippen LogP) is 0.775. The molecule has 4 N–H and O–H groups in total. The number of amidine groups is 1. The highest BCUT2D eigenvalue weighted by molar-refractivity contribution is 6.10. The van der Waals surface area contributed by atoms with Crippen molar-refractivity contribution in [3.05, 3.63) is 42.0 Å². The van der Waals surface area contributed by atoms with Crippen LogP contribution in [0.3, 0.4) is 0 Å². The van der Waals surface area contributed by atoms with E-state index in [4.69, 9.17) is 15.7 Å². The standard InChI is InChI=1S/C13H15N5O3/c1-18-6-9(15-7-18)13(19)16-11-8(12(14)17-20)4-3-5-10(11)21-2/h3-7,20H,1-2H3,(H2,14,17)(H,16,19). The maximum absolute atomic E-state index is 12.2. The molecule has 0 unspecified atom stereocenters. The summed E-state index contributed by atoms with van der Waals surface area (Å²) < 4.78 is 6.84. The van der Waals surface area contributed by atoms with Crippen LogP contribution in [-0.4, -0.2) is 33.6 Å². The topological polar surface area (TPSA) is 115 Å². The SMILES string of the molecule is COc1cccc(/C(N)=N/O)c1NC(=O)c1cn(C)cn1. The van der Waals surface area contributed by atoms with Gasteiger partial charge in [-0.2, -0.15) is 0 Å². The quantitative estimate of drug-likeness (QED) is 0.333. The summed E-state index contributed by atoms with van der Waals surface area (Å²) in [5.74, 6) is -0.166. The Morgan fingerprint density at radius 1 is 1.52 bits per heavy atom. The molecule has 0 spiro atoms. The molecule has 0 saturated carbocycles. The molecule has 0 aliphatic carbocycles. The number of anilines is 1. The Kier molecular flexibility index (Phi) is 4.07. The monoisotopic (exact) mass is 289 g/mol. The molecular formula is C13H15N5O3. The third-order valence-corrected chi connectivity index (χ3v) is 2.81. The third kappa shape index (κ3) is 2.94. The summed E-state index contributed by atoms with van der Waals surface area (Å²) in [6, 6.07) is 4.93. The molecule has 2 aromatic rings. The number of aromatic nitrogens is 2. The van der Waals surface area contributed by atoms with E-state index in [0.29, 0.717) is 17.0 Å². The van der Waals surface area contributed by atoms with Crippen LogP contribution in [0.2, 0.25) is 0 Å². The average Bonchev–Trinajstić information content (AvgIpc) is 2.93. The van der Waals surface area contributed by atoms with Gasteiger partial charge in [-0.3, -0.25) is 4.79 Å². The van der Waals surface area contributed by atoms with Crippen LogP contribution in [0.4, 0.5) is 5.69 Å². The summed E-state index contributed by atoms with van der Waals surface area (Å²) in [6.07, 6.45) is 3.09. The molecular weight excluding hydrogens is 274 g/mol. The van der Waals surface area contributed by atoms with Crippen molar-refractivity contribution in [2.75, 3.05) is 12.4 Å². The predicted molar refractivity (Wildman–Crippen MR) is 76.7 cm³/mol. The number of hydrogen-bond donors (Lipinski definition) is 3. The number of carbonyl (C=O) groups excluding carboxylic acids is 1. The van der Waals surface area contributed by atoms with Crippen LogP contribution >= 0.6 is 0 Å². The fourth-order valence-electron chi connectivity index (χ4n) is 1.81. The van der Waals surface area contributed by atoms with Gasteiger partial charge in [0.2, 0.25) is 0 Å². The van der Waals surface area contributed by atoms with Crippen molar-refractivity contribution in [1.29, 1.82) is 0 Å². The van der Waals surface area contributed by atoms with E-state index >= 15 is 0 Å². The molecule has 0 radical (unpaired) electrons. The number of ether oxygens (including phenoxy) is 1. The van der Waals surface area contributed by atoms with E-state index in [2.05, 4.69) is 15.5 Å². The van der Waals surface area contributed by atoms with E-state index in [1.807, 2.05) is 0 Å². The molecule has 1 aromatic carbocycles. The number of rotatable bonds is 4. The van der Waals surface area contributed by atoms with E-state index in [9.17, 15) is 4.79 Å². The molecule has 0 aliphatic rings. The molecule has 1 aromatic heterocycles. The minimum Gasteiger partial charge on any atom is -0.495 e. The average molecular weight is 289 g/mol. The minimum atomic E-state index is -0.424. The number of oxime groups is 1. The first-order valence-corrected chi connectivity index (χ1v) is 6.01. The Labute approximate surface area is 120 Å². The number of nitrogens with one attached hydrogen (secondary N) is 1. The van der Waals surface area contributed by atoms with Crippen LogP contribution in [0.5, 0.6) is 5.75 Å². The van der Waals surface area contributed by atoms with Gasteiger partial charge in [-0.15, -0.1) is 0 Å². The van der Waals surface area contributed by atoms with Gasteiger partial charge in [0.15, 0.2) is 5.84 Å². The van der Waals surface area contributed by atoms with Gasteiger partial charge in [0.05, 0.1) is 19.1 Å². The second-order valence-electron chi connectivity index (χ2n) is 4.25. The molecule has 0 atom stereocenters. The first-order valence-electron chi connectivity index (χ1n) is 6.01. The van der Waals surface area contributed by atoms with E-state index in [-0.39, 0.29) is 11.5 Å². The van der Waals surface area contributed by atoms with Crippen LogP contribution in [0, 0.1) is 0 Å². The molecule has 21 heavy (non-hydrogen) atoms. The second kappa shape index (κ2) is 5.95. The highest BCUT2D eigenvalue weighted by Crippen LogP contribution is 2.28. The van der Waals surface area contributed by atoms with Crippen molar-refractivity contribution >= 4 is 17.4 Å². The summed E-state index contributed by atoms with van der Waals surface area (Å²) in [7, 11) is 3.22. The largest absolute Gasteiger partial charge is 0.495 e. The first-order chi connectivity index (χ1) is 10.1. The fourth-order valence-corrected chi connectivity index (χ4v) is 1.81. The van der Waals surface area contributed by atoms with Crippen molar-refractivity contribution in [2.45, 2.75) is 0 Å². The van der Waals surface area contributed by atoms with E-state index < -0.39 is 5.91 Å². The lowest BCUT2D eigenvalue weighted by Crippen LogP contribution is -2.20. The van der Waals surface area contributed by atoms with Crippen LogP contribution in [0.25, 0.3) is 0 Å². The molecule has 110 valence electrons. The smallest absolute Gasteiger partial charge is 0.275 e. The molecule has 0 bridgehead atoms. The molecule has 0 aliphatic heterocycles. The third-order valence-electron chi connectivity index (χ3n) is 2.81. The normalized spacial score (nSPS) is 11.2. The lowest BCUT2D eigenvalue weighted by molar-refractivity contribution is 0.102. The zero-order valence-corrected chi connectivity index (χ0v) is 11.6. The lowest BCUT2D eigenvalue weighted by atomic mass is 10.1. The minimum absolute atomic E-state index is 0.134. The number of para-hydroxylation sites is 1. The summed E-state index contributed by atoms with van der Waals surface area (Å²) in [4.78, 5) is 16.1. The zero-order valence-electron chi connectivity index (χ0n) is 11.6. The number of carbonyl (C=O) groups is 1. The first kappa shape index (κ1) is 14.4. The Morgan fingerprint density at radius 3 is 2.86 bits per heavy atom. The number of aryl methyl sites for hydroxylation is 1. The van der Waals surface area contributed by atoms with Gasteiger partial charge >= 0.3 is 0 Å². The molecule has 8 nitrogen and oxygen atoms in total. The van der Waals surface area contributed by atoms with Crippen LogP contribution < -0.4 is 15.8 Å². The number of amides is 1. The highest BCUT2D eigenvalue weighted by Gasteiger charge is 2.17. The van der Waals surface area contributed by atoms with Gasteiger partial charge in [0.1, 0.15) is 11.4 Å². The van der Waals surface area contributed by atoms with Crippen LogP contribution in [0.15, 0.2) is 35.9 Å². The molecule has 2 rings (SSSR count). The van der Waals surface area contributed by atoms with Crippen molar-refractivity contribution in [1.82, 2.24) is 9.55 Å². The van der Waals surface area contributed by atoms with Crippen LogP contribution in [-0.2, 0) is 7.05 Å². The van der Waals surface area contributed by atoms with Gasteiger partial charge in [-0.25, -0.2) is 4.98 Å². The summed E-state index contributed by atoms with van der Waals surface area (Å²) in [5, 5.41) is 14.4. The van der Waals surface area contributed by atoms with E-state index in [0.717, 1.165) is 0 Å². The summed E-state index contributed by atoms with van der Waals surface area (Å²) >= 11 is 0. The van der Waals surface area contributed by atoms with Gasteiger partial charge in [0, 0.05) is 18.8 Å². The number of methoxy groups -OCH3 is 1. The maximum atomic E-state index is 12.2. The maximum Gasteiger partial charge on any atom is 0.275 e. The lowest BCUT2D eigenvalue weighted by Gasteiger charge is -2.13. The highest BCUT2D eigenvalue weighted by atomic mass is 16.5.